The molecule has 3 N–H and O–H groups in total. The number of nitrogens with two attached hydrogens (primary N) is 1. The largest absolute Gasteiger partial charge is 0.271 e. The first-order valence-electron chi connectivity index (χ1n) is 5.43. The van der Waals surface area contributed by atoms with Gasteiger partial charge in [-0.25, -0.2) is 4.98 Å². The van der Waals surface area contributed by atoms with E-state index in [0.29, 0.717) is 6.42 Å². The number of hydrogen-bond acceptors (Lipinski definition) is 5. The fourth-order valence-electron chi connectivity index (χ4n) is 1.69. The van der Waals surface area contributed by atoms with Gasteiger partial charge in [-0.15, -0.1) is 0 Å². The maximum atomic E-state index is 5.57. The third-order valence-electron chi connectivity index (χ3n) is 2.66. The number of nitrogens with zero attached hydrogens (tertiary/aromatic N) is 4. The number of aromatic nitrogens is 4. The van der Waals surface area contributed by atoms with Gasteiger partial charge in [0, 0.05) is 19.2 Å². The Kier molecular flexibility index (Phi) is 3.46. The van der Waals surface area contributed by atoms with E-state index in [1.54, 1.807) is 4.68 Å². The second-order valence-electron chi connectivity index (χ2n) is 3.93. The van der Waals surface area contributed by atoms with Crippen LogP contribution in [-0.4, -0.2) is 19.7 Å². The highest BCUT2D eigenvalue weighted by Gasteiger charge is 2.14. The molecule has 0 aliphatic heterocycles. The van der Waals surface area contributed by atoms with Crippen molar-refractivity contribution in [2.75, 3.05) is 0 Å². The van der Waals surface area contributed by atoms with Crippen LogP contribution < -0.4 is 11.3 Å². The quantitative estimate of drug-likeness (QED) is 0.584. The fraction of sp³-hybridized carbons (Fsp3) is 0.364. The van der Waals surface area contributed by atoms with E-state index in [1.807, 2.05) is 32.2 Å². The normalized spacial score (nSPS) is 12.6. The highest BCUT2D eigenvalue weighted by atomic mass is 15.3. The zero-order valence-corrected chi connectivity index (χ0v) is 9.96. The smallest absolute Gasteiger partial charge is 0.138 e. The molecule has 0 aromatic carbocycles. The van der Waals surface area contributed by atoms with Crippen LogP contribution in [-0.2, 0) is 13.5 Å². The lowest BCUT2D eigenvalue weighted by atomic mass is 10.1. The van der Waals surface area contributed by atoms with E-state index in [1.165, 1.54) is 6.33 Å². The zero-order chi connectivity index (χ0) is 12.3. The summed E-state index contributed by atoms with van der Waals surface area (Å²) in [4.78, 5) is 8.63. The van der Waals surface area contributed by atoms with Crippen molar-refractivity contribution in [1.82, 2.24) is 25.2 Å². The van der Waals surface area contributed by atoms with Crippen molar-refractivity contribution in [3.05, 3.63) is 41.7 Å². The zero-order valence-electron chi connectivity index (χ0n) is 9.96. The Labute approximate surface area is 99.9 Å². The summed E-state index contributed by atoms with van der Waals surface area (Å²) in [6, 6.07) is 5.82. The van der Waals surface area contributed by atoms with Gasteiger partial charge in [0.2, 0.25) is 0 Å². The fourth-order valence-corrected chi connectivity index (χ4v) is 1.69. The summed E-state index contributed by atoms with van der Waals surface area (Å²) in [5.74, 6) is 6.45. The topological polar surface area (TPSA) is 81.7 Å². The Morgan fingerprint density at radius 2 is 2.29 bits per heavy atom. The predicted octanol–water partition coefficient (Wildman–Crippen LogP) is 0.266. The van der Waals surface area contributed by atoms with E-state index < -0.39 is 0 Å². The molecule has 1 unspecified atom stereocenters. The van der Waals surface area contributed by atoms with Crippen LogP contribution in [0.25, 0.3) is 0 Å². The average Bonchev–Trinajstić information content (AvgIpc) is 2.71. The SMILES string of the molecule is Cc1cccc(C(Cc2ncnn2C)NN)n1. The third kappa shape index (κ3) is 2.66. The van der Waals surface area contributed by atoms with Crippen molar-refractivity contribution in [3.8, 4) is 0 Å². The van der Waals surface area contributed by atoms with Gasteiger partial charge in [0.05, 0.1) is 11.7 Å². The maximum Gasteiger partial charge on any atom is 0.138 e. The summed E-state index contributed by atoms with van der Waals surface area (Å²) in [5.41, 5.74) is 4.65. The number of aryl methyl sites for hydroxylation is 2. The Morgan fingerprint density at radius 1 is 1.47 bits per heavy atom. The summed E-state index contributed by atoms with van der Waals surface area (Å²) in [5, 5.41) is 4.03. The number of hydrazine groups is 1. The van der Waals surface area contributed by atoms with Crippen LogP contribution in [0.3, 0.4) is 0 Å². The molecule has 2 aromatic heterocycles. The lowest BCUT2D eigenvalue weighted by Gasteiger charge is -2.15. The maximum absolute atomic E-state index is 5.57. The summed E-state index contributed by atoms with van der Waals surface area (Å²) >= 11 is 0. The Morgan fingerprint density at radius 3 is 2.88 bits per heavy atom. The van der Waals surface area contributed by atoms with Crippen LogP contribution in [0, 0.1) is 6.92 Å². The molecule has 2 rings (SSSR count). The van der Waals surface area contributed by atoms with Gasteiger partial charge >= 0.3 is 0 Å². The molecule has 0 fully saturated rings. The Bertz CT molecular complexity index is 492. The van der Waals surface area contributed by atoms with Crippen molar-refractivity contribution in [3.63, 3.8) is 0 Å². The van der Waals surface area contributed by atoms with Crippen molar-refractivity contribution in [2.45, 2.75) is 19.4 Å². The van der Waals surface area contributed by atoms with Crippen LogP contribution in [0.5, 0.6) is 0 Å². The Balaban J connectivity index is 2.20. The summed E-state index contributed by atoms with van der Waals surface area (Å²) < 4.78 is 1.74. The molecule has 0 amide bonds. The van der Waals surface area contributed by atoms with Crippen molar-refractivity contribution >= 4 is 0 Å². The monoisotopic (exact) mass is 232 g/mol. The van der Waals surface area contributed by atoms with Crippen LogP contribution in [0.1, 0.15) is 23.3 Å². The van der Waals surface area contributed by atoms with E-state index in [0.717, 1.165) is 17.2 Å². The molecule has 6 nitrogen and oxygen atoms in total. The molecule has 1 atom stereocenters. The van der Waals surface area contributed by atoms with E-state index in [9.17, 15) is 0 Å². The molecule has 0 aliphatic carbocycles. The molecule has 0 radical (unpaired) electrons. The van der Waals surface area contributed by atoms with Crippen LogP contribution in [0.4, 0.5) is 0 Å². The van der Waals surface area contributed by atoms with Crippen molar-refractivity contribution in [2.24, 2.45) is 12.9 Å². The molecule has 17 heavy (non-hydrogen) atoms. The van der Waals surface area contributed by atoms with Gasteiger partial charge in [-0.2, -0.15) is 5.10 Å². The van der Waals surface area contributed by atoms with Crippen LogP contribution in [0.15, 0.2) is 24.5 Å². The van der Waals surface area contributed by atoms with E-state index in [-0.39, 0.29) is 6.04 Å². The molecule has 0 saturated carbocycles. The van der Waals surface area contributed by atoms with Gasteiger partial charge in [0.15, 0.2) is 0 Å². The highest BCUT2D eigenvalue weighted by molar-refractivity contribution is 5.14. The van der Waals surface area contributed by atoms with E-state index in [2.05, 4.69) is 20.5 Å². The van der Waals surface area contributed by atoms with Gasteiger partial charge in [-0.3, -0.25) is 20.9 Å². The minimum atomic E-state index is -0.0576. The molecule has 0 aliphatic rings. The lowest BCUT2D eigenvalue weighted by molar-refractivity contribution is 0.511. The molecule has 0 spiro atoms. The molecule has 2 heterocycles. The van der Waals surface area contributed by atoms with Crippen LogP contribution in [0.2, 0.25) is 0 Å². The van der Waals surface area contributed by atoms with Gasteiger partial charge in [0.1, 0.15) is 12.2 Å². The molecule has 0 saturated heterocycles. The number of nitrogens with one attached hydrogen (secondary N) is 1. The molecular formula is C11H16N6. The number of pyridine rings is 1. The summed E-state index contributed by atoms with van der Waals surface area (Å²) in [6.45, 7) is 1.96. The first-order valence-corrected chi connectivity index (χ1v) is 5.43. The van der Waals surface area contributed by atoms with Crippen molar-refractivity contribution in [1.29, 1.82) is 0 Å². The third-order valence-corrected chi connectivity index (χ3v) is 2.66. The first-order chi connectivity index (χ1) is 8.20. The second-order valence-corrected chi connectivity index (χ2v) is 3.93. The molecule has 90 valence electrons. The molecule has 2 aromatic rings. The Hall–Kier alpha value is -1.79. The minimum Gasteiger partial charge on any atom is -0.271 e. The van der Waals surface area contributed by atoms with Crippen LogP contribution >= 0.6 is 0 Å². The van der Waals surface area contributed by atoms with Gasteiger partial charge in [-0.1, -0.05) is 6.07 Å². The molecule has 0 bridgehead atoms. The lowest BCUT2D eigenvalue weighted by Crippen LogP contribution is -2.31. The first kappa shape index (κ1) is 11.7. The van der Waals surface area contributed by atoms with Gasteiger partial charge in [0.25, 0.3) is 0 Å². The summed E-state index contributed by atoms with van der Waals surface area (Å²) in [7, 11) is 1.86. The van der Waals surface area contributed by atoms with Gasteiger partial charge < -0.3 is 0 Å². The van der Waals surface area contributed by atoms with E-state index in [4.69, 9.17) is 5.84 Å². The molecule has 6 heteroatoms. The second kappa shape index (κ2) is 5.03. The van der Waals surface area contributed by atoms with E-state index >= 15 is 0 Å². The minimum absolute atomic E-state index is 0.0576. The number of hydrogen-bond donors (Lipinski definition) is 2. The standard InChI is InChI=1S/C11H16N6/c1-8-4-3-5-9(15-8)10(16-12)6-11-13-7-14-17(11)2/h3-5,7,10,16H,6,12H2,1-2H3. The average molecular weight is 232 g/mol. The molecular weight excluding hydrogens is 216 g/mol. The number of rotatable bonds is 4. The summed E-state index contributed by atoms with van der Waals surface area (Å²) in [6.07, 6.45) is 2.19. The predicted molar refractivity (Wildman–Crippen MR) is 63.7 cm³/mol. The van der Waals surface area contributed by atoms with Crippen molar-refractivity contribution < 1.29 is 0 Å². The van der Waals surface area contributed by atoms with Gasteiger partial charge in [-0.05, 0) is 19.1 Å². The highest BCUT2D eigenvalue weighted by Crippen LogP contribution is 2.14.